The van der Waals surface area contributed by atoms with Crippen molar-refractivity contribution in [2.75, 3.05) is 7.11 Å². The van der Waals surface area contributed by atoms with Crippen LogP contribution in [0.2, 0.25) is 0 Å². The molecular formula is C11H20N2O3. The topological polar surface area (TPSA) is 81.4 Å². The molecule has 16 heavy (non-hydrogen) atoms. The van der Waals surface area contributed by atoms with Gasteiger partial charge in [0.05, 0.1) is 13.2 Å². The first-order valence-electron chi connectivity index (χ1n) is 5.11. The first kappa shape index (κ1) is 14.6. The summed E-state index contributed by atoms with van der Waals surface area (Å²) >= 11 is 0. The van der Waals surface area contributed by atoms with Crippen LogP contribution in [0.15, 0.2) is 12.2 Å². The Kier molecular flexibility index (Phi) is 5.74. The maximum atomic E-state index is 11.5. The fourth-order valence-corrected chi connectivity index (χ4v) is 1.33. The van der Waals surface area contributed by atoms with Crippen molar-refractivity contribution in [3.63, 3.8) is 0 Å². The van der Waals surface area contributed by atoms with E-state index in [0.29, 0.717) is 6.42 Å². The molecule has 2 unspecified atom stereocenters. The van der Waals surface area contributed by atoms with Crippen molar-refractivity contribution in [2.45, 2.75) is 38.8 Å². The maximum absolute atomic E-state index is 11.5. The number of carbonyl (C=O) groups is 2. The summed E-state index contributed by atoms with van der Waals surface area (Å²) in [5.74, 6) is -0.772. The third-order valence-corrected chi connectivity index (χ3v) is 2.33. The highest BCUT2D eigenvalue weighted by Crippen LogP contribution is 2.13. The molecule has 0 radical (unpaired) electrons. The highest BCUT2D eigenvalue weighted by atomic mass is 16.5. The Morgan fingerprint density at radius 3 is 2.50 bits per heavy atom. The van der Waals surface area contributed by atoms with E-state index in [-0.39, 0.29) is 5.91 Å². The molecule has 0 rings (SSSR count). The molecule has 0 saturated heterocycles. The largest absolute Gasteiger partial charge is 0.468 e. The second kappa shape index (κ2) is 6.27. The quantitative estimate of drug-likeness (QED) is 0.525. The summed E-state index contributed by atoms with van der Waals surface area (Å²) in [6.45, 7) is 4.79. The molecular weight excluding hydrogens is 208 g/mol. The van der Waals surface area contributed by atoms with Gasteiger partial charge in [0.15, 0.2) is 0 Å². The van der Waals surface area contributed by atoms with E-state index in [9.17, 15) is 9.59 Å². The minimum atomic E-state index is -1.24. The van der Waals surface area contributed by atoms with Crippen LogP contribution in [0.1, 0.15) is 27.2 Å². The Morgan fingerprint density at radius 1 is 1.56 bits per heavy atom. The van der Waals surface area contributed by atoms with E-state index in [1.807, 2.05) is 19.1 Å². The van der Waals surface area contributed by atoms with Crippen LogP contribution in [0, 0.1) is 0 Å². The normalized spacial score (nSPS) is 16.6. The van der Waals surface area contributed by atoms with E-state index in [1.165, 1.54) is 14.0 Å². The molecule has 0 aliphatic heterocycles. The highest BCUT2D eigenvalue weighted by molar-refractivity contribution is 5.82. The van der Waals surface area contributed by atoms with Crippen molar-refractivity contribution < 1.29 is 14.3 Å². The van der Waals surface area contributed by atoms with Gasteiger partial charge in [-0.05, 0) is 20.3 Å². The summed E-state index contributed by atoms with van der Waals surface area (Å²) in [6.07, 6.45) is 4.16. The summed E-state index contributed by atoms with van der Waals surface area (Å²) in [7, 11) is 1.27. The van der Waals surface area contributed by atoms with Gasteiger partial charge in [-0.25, -0.2) is 4.79 Å². The van der Waals surface area contributed by atoms with Gasteiger partial charge in [0.2, 0.25) is 5.91 Å². The van der Waals surface area contributed by atoms with Gasteiger partial charge in [0, 0.05) is 6.92 Å². The standard InChI is InChI=1S/C11H20N2O3/c1-5-6-7-9(13-8(2)14)11(3,12)10(15)16-4/h5-6,9H,7,12H2,1-4H3,(H,13,14). The molecule has 0 fully saturated rings. The molecule has 3 N–H and O–H groups in total. The smallest absolute Gasteiger partial charge is 0.327 e. The predicted octanol–water partition coefficient (Wildman–Crippen LogP) is 0.348. The van der Waals surface area contributed by atoms with Crippen molar-refractivity contribution >= 4 is 11.9 Å². The zero-order chi connectivity index (χ0) is 12.8. The van der Waals surface area contributed by atoms with Crippen molar-refractivity contribution in [1.29, 1.82) is 0 Å². The first-order valence-corrected chi connectivity index (χ1v) is 5.11. The number of nitrogens with one attached hydrogen (secondary N) is 1. The number of carbonyl (C=O) groups excluding carboxylic acids is 2. The van der Waals surface area contributed by atoms with Gasteiger partial charge >= 0.3 is 5.97 Å². The predicted molar refractivity (Wildman–Crippen MR) is 61.6 cm³/mol. The van der Waals surface area contributed by atoms with Crippen molar-refractivity contribution in [3.05, 3.63) is 12.2 Å². The lowest BCUT2D eigenvalue weighted by Crippen LogP contribution is -2.61. The van der Waals surface area contributed by atoms with Crippen LogP contribution in [0.3, 0.4) is 0 Å². The van der Waals surface area contributed by atoms with E-state index in [4.69, 9.17) is 5.73 Å². The fraction of sp³-hybridized carbons (Fsp3) is 0.636. The molecule has 0 heterocycles. The second-order valence-corrected chi connectivity index (χ2v) is 3.83. The van der Waals surface area contributed by atoms with Crippen LogP contribution < -0.4 is 11.1 Å². The summed E-state index contributed by atoms with van der Waals surface area (Å²) < 4.78 is 4.62. The van der Waals surface area contributed by atoms with Crippen LogP contribution in [0.4, 0.5) is 0 Å². The molecule has 5 heteroatoms. The minimum Gasteiger partial charge on any atom is -0.468 e. The van der Waals surface area contributed by atoms with Gasteiger partial charge in [-0.3, -0.25) is 4.79 Å². The van der Waals surface area contributed by atoms with E-state index < -0.39 is 17.6 Å². The molecule has 92 valence electrons. The van der Waals surface area contributed by atoms with Gasteiger partial charge in [-0.2, -0.15) is 0 Å². The van der Waals surface area contributed by atoms with Gasteiger partial charge in [-0.15, -0.1) is 0 Å². The van der Waals surface area contributed by atoms with E-state index in [1.54, 1.807) is 6.92 Å². The molecule has 0 bridgehead atoms. The number of esters is 1. The number of rotatable bonds is 5. The molecule has 0 aliphatic carbocycles. The van der Waals surface area contributed by atoms with Crippen molar-refractivity contribution in [2.24, 2.45) is 5.73 Å². The SMILES string of the molecule is CC=CCC(NC(C)=O)C(C)(N)C(=O)OC. The summed E-state index contributed by atoms with van der Waals surface area (Å²) in [5.41, 5.74) is 4.64. The molecule has 0 aliphatic rings. The number of nitrogens with two attached hydrogens (primary N) is 1. The van der Waals surface area contributed by atoms with E-state index >= 15 is 0 Å². The molecule has 1 amide bonds. The van der Waals surface area contributed by atoms with Gasteiger partial charge in [0.25, 0.3) is 0 Å². The van der Waals surface area contributed by atoms with Gasteiger partial charge in [-0.1, -0.05) is 12.2 Å². The van der Waals surface area contributed by atoms with Gasteiger partial charge < -0.3 is 15.8 Å². The average Bonchev–Trinajstić information content (AvgIpc) is 2.22. The molecule has 0 spiro atoms. The highest BCUT2D eigenvalue weighted by Gasteiger charge is 2.38. The summed E-state index contributed by atoms with van der Waals surface area (Å²) in [4.78, 5) is 22.5. The molecule has 0 aromatic carbocycles. The Bertz CT molecular complexity index is 285. The van der Waals surface area contributed by atoms with E-state index in [0.717, 1.165) is 0 Å². The Labute approximate surface area is 96.0 Å². The molecule has 5 nitrogen and oxygen atoms in total. The van der Waals surface area contributed by atoms with E-state index in [2.05, 4.69) is 10.1 Å². The number of methoxy groups -OCH3 is 1. The van der Waals surface area contributed by atoms with Crippen LogP contribution in [0.25, 0.3) is 0 Å². The van der Waals surface area contributed by atoms with Crippen LogP contribution in [-0.2, 0) is 14.3 Å². The number of amides is 1. The summed E-state index contributed by atoms with van der Waals surface area (Å²) in [6, 6.07) is -0.478. The lowest BCUT2D eigenvalue weighted by Gasteiger charge is -2.31. The van der Waals surface area contributed by atoms with Crippen LogP contribution >= 0.6 is 0 Å². The number of allylic oxidation sites excluding steroid dienone is 1. The number of hydrogen-bond acceptors (Lipinski definition) is 4. The van der Waals surface area contributed by atoms with Crippen LogP contribution in [-0.4, -0.2) is 30.6 Å². The zero-order valence-corrected chi connectivity index (χ0v) is 10.2. The second-order valence-electron chi connectivity index (χ2n) is 3.83. The maximum Gasteiger partial charge on any atom is 0.327 e. The first-order chi connectivity index (χ1) is 7.36. The lowest BCUT2D eigenvalue weighted by atomic mass is 9.90. The number of hydrogen-bond donors (Lipinski definition) is 2. The molecule has 0 aromatic heterocycles. The van der Waals surface area contributed by atoms with Crippen molar-refractivity contribution in [1.82, 2.24) is 5.32 Å². The molecule has 2 atom stereocenters. The third kappa shape index (κ3) is 4.02. The fourth-order valence-electron chi connectivity index (χ4n) is 1.33. The number of ether oxygens (including phenoxy) is 1. The monoisotopic (exact) mass is 228 g/mol. The summed E-state index contributed by atoms with van der Waals surface area (Å²) in [5, 5.41) is 2.65. The molecule has 0 saturated carbocycles. The zero-order valence-electron chi connectivity index (χ0n) is 10.2. The van der Waals surface area contributed by atoms with Crippen LogP contribution in [0.5, 0.6) is 0 Å². The van der Waals surface area contributed by atoms with Crippen molar-refractivity contribution in [3.8, 4) is 0 Å². The Morgan fingerprint density at radius 2 is 2.12 bits per heavy atom. The molecule has 0 aromatic rings. The van der Waals surface area contributed by atoms with Gasteiger partial charge in [0.1, 0.15) is 5.54 Å². The minimum absolute atomic E-state index is 0.227. The lowest BCUT2D eigenvalue weighted by molar-refractivity contribution is -0.147. The third-order valence-electron chi connectivity index (χ3n) is 2.33. The average molecular weight is 228 g/mol. The Hall–Kier alpha value is -1.36. The Balaban J connectivity index is 4.84.